The number of halogens is 1. The van der Waals surface area contributed by atoms with Gasteiger partial charge in [0.05, 0.1) is 24.3 Å². The number of likely N-dealkylation sites (N-methyl/N-ethyl adjacent to an activating group) is 1. The molecule has 1 aliphatic heterocycles. The first-order chi connectivity index (χ1) is 20.1. The van der Waals surface area contributed by atoms with Gasteiger partial charge in [0.25, 0.3) is 0 Å². The molecular formula is C30H31FN6O5. The van der Waals surface area contributed by atoms with Gasteiger partial charge in [-0.15, -0.1) is 5.10 Å². The van der Waals surface area contributed by atoms with Crippen LogP contribution in [0.2, 0.25) is 0 Å². The second-order valence-electron chi connectivity index (χ2n) is 10.2. The summed E-state index contributed by atoms with van der Waals surface area (Å²) in [7, 11) is 3.44. The van der Waals surface area contributed by atoms with Crippen LogP contribution in [0.15, 0.2) is 65.5 Å². The number of aromatic amines is 1. The van der Waals surface area contributed by atoms with E-state index in [2.05, 4.69) is 15.0 Å². The lowest BCUT2D eigenvalue weighted by Crippen LogP contribution is -2.22. The number of ether oxygens (including phenoxy) is 2. The lowest BCUT2D eigenvalue weighted by molar-refractivity contribution is 0.0696. The summed E-state index contributed by atoms with van der Waals surface area (Å²) in [5.74, 6) is -2.24. The summed E-state index contributed by atoms with van der Waals surface area (Å²) in [5, 5.41) is 21.8. The Bertz CT molecular complexity index is 1680. The fraction of sp³-hybridized carbons (Fsp3) is 0.267. The fourth-order valence-electron chi connectivity index (χ4n) is 5.13. The highest BCUT2D eigenvalue weighted by molar-refractivity contribution is 5.94. The minimum Gasteiger partial charge on any atom is -0.497 e. The van der Waals surface area contributed by atoms with Crippen molar-refractivity contribution in [2.24, 2.45) is 5.73 Å². The molecule has 0 aliphatic carbocycles. The van der Waals surface area contributed by atoms with Crippen molar-refractivity contribution in [1.29, 1.82) is 5.41 Å². The number of nitrogen functional groups attached to an aromatic ring is 1. The topological polar surface area (TPSA) is 160 Å². The number of H-pyrrole nitrogens is 1. The number of nitrogens with one attached hydrogen (secondary N) is 2. The maximum atomic E-state index is 16.3. The number of nitrogens with two attached hydrogens (primary N) is 1. The summed E-state index contributed by atoms with van der Waals surface area (Å²) in [6, 6.07) is 15.9. The molecule has 0 amide bonds. The molecule has 11 nitrogen and oxygen atoms in total. The molecule has 0 radical (unpaired) electrons. The van der Waals surface area contributed by atoms with E-state index >= 15 is 4.39 Å². The first-order valence-corrected chi connectivity index (χ1v) is 13.3. The number of aromatic carboxylic acids is 1. The molecule has 5 rings (SSSR count). The number of nitrogens with zero attached hydrogens (tertiary/aromatic N) is 3. The largest absolute Gasteiger partial charge is 0.497 e. The van der Waals surface area contributed by atoms with Gasteiger partial charge in [-0.2, -0.15) is 4.68 Å². The SMILES string of the molecule is COc1cc(OC2CCN(C)C2)c(F)c(C(Cc2ccc(C(=N)N)cc2)c2nn(-c3ccccc3C(=O)O)c(=O)[nH]2)c1. The Hall–Kier alpha value is -4.97. The van der Waals surface area contributed by atoms with Crippen LogP contribution < -0.4 is 20.9 Å². The molecule has 42 heavy (non-hydrogen) atoms. The van der Waals surface area contributed by atoms with Gasteiger partial charge in [-0.3, -0.25) is 10.4 Å². The van der Waals surface area contributed by atoms with Crippen LogP contribution in [0.4, 0.5) is 4.39 Å². The summed E-state index contributed by atoms with van der Waals surface area (Å²) in [6.45, 7) is 1.48. The van der Waals surface area contributed by atoms with E-state index in [0.29, 0.717) is 17.9 Å². The summed E-state index contributed by atoms with van der Waals surface area (Å²) in [4.78, 5) is 29.8. The van der Waals surface area contributed by atoms with Crippen molar-refractivity contribution in [3.05, 3.63) is 105 Å². The zero-order chi connectivity index (χ0) is 30.0. The maximum absolute atomic E-state index is 16.3. The molecule has 3 aromatic carbocycles. The third-order valence-electron chi connectivity index (χ3n) is 7.33. The molecule has 2 unspecified atom stereocenters. The van der Waals surface area contributed by atoms with Crippen LogP contribution in [0.3, 0.4) is 0 Å². The Balaban J connectivity index is 1.63. The van der Waals surface area contributed by atoms with E-state index in [1.807, 2.05) is 7.05 Å². The molecule has 1 aromatic heterocycles. The van der Waals surface area contributed by atoms with Crippen molar-refractivity contribution in [3.8, 4) is 17.2 Å². The number of carbonyl (C=O) groups is 1. The van der Waals surface area contributed by atoms with Crippen molar-refractivity contribution in [1.82, 2.24) is 19.7 Å². The van der Waals surface area contributed by atoms with Crippen LogP contribution in [0.25, 0.3) is 5.69 Å². The quantitative estimate of drug-likeness (QED) is 0.166. The number of aromatic nitrogens is 3. The van der Waals surface area contributed by atoms with Gasteiger partial charge in [-0.05, 0) is 43.7 Å². The summed E-state index contributed by atoms with van der Waals surface area (Å²) in [6.07, 6.45) is 0.741. The molecule has 1 aliphatic rings. The van der Waals surface area contributed by atoms with Crippen molar-refractivity contribution >= 4 is 11.8 Å². The Morgan fingerprint density at radius 1 is 1.24 bits per heavy atom. The molecule has 2 heterocycles. The van der Waals surface area contributed by atoms with Gasteiger partial charge in [-0.1, -0.05) is 36.4 Å². The Labute approximate surface area is 240 Å². The average molecular weight is 575 g/mol. The Morgan fingerprint density at radius 3 is 2.62 bits per heavy atom. The van der Waals surface area contributed by atoms with E-state index in [-0.39, 0.29) is 46.7 Å². The minimum atomic E-state index is -1.22. The summed E-state index contributed by atoms with van der Waals surface area (Å²) < 4.78 is 28.9. The fourth-order valence-corrected chi connectivity index (χ4v) is 5.13. The maximum Gasteiger partial charge on any atom is 0.348 e. The van der Waals surface area contributed by atoms with Crippen LogP contribution >= 0.6 is 0 Å². The second kappa shape index (κ2) is 11.9. The number of likely N-dealkylation sites (tertiary alicyclic amines) is 1. The highest BCUT2D eigenvalue weighted by Crippen LogP contribution is 2.37. The van der Waals surface area contributed by atoms with Crippen molar-refractivity contribution in [2.45, 2.75) is 24.9 Å². The van der Waals surface area contributed by atoms with Crippen LogP contribution in [0.1, 0.15) is 45.2 Å². The number of carboxylic acids is 1. The van der Waals surface area contributed by atoms with Crippen LogP contribution in [-0.4, -0.2) is 69.9 Å². The highest BCUT2D eigenvalue weighted by Gasteiger charge is 2.29. The zero-order valence-corrected chi connectivity index (χ0v) is 23.1. The number of methoxy groups -OCH3 is 1. The number of amidine groups is 1. The van der Waals surface area contributed by atoms with E-state index in [1.54, 1.807) is 42.5 Å². The predicted octanol–water partition coefficient (Wildman–Crippen LogP) is 3.15. The van der Waals surface area contributed by atoms with E-state index in [4.69, 9.17) is 20.6 Å². The average Bonchev–Trinajstić information content (AvgIpc) is 3.57. The van der Waals surface area contributed by atoms with Crippen LogP contribution in [-0.2, 0) is 6.42 Å². The van der Waals surface area contributed by atoms with Gasteiger partial charge in [0, 0.05) is 30.3 Å². The Kier molecular flexibility index (Phi) is 8.07. The molecule has 12 heteroatoms. The van der Waals surface area contributed by atoms with Crippen molar-refractivity contribution in [3.63, 3.8) is 0 Å². The predicted molar refractivity (Wildman–Crippen MR) is 154 cm³/mol. The number of benzene rings is 3. The molecular weight excluding hydrogens is 543 g/mol. The molecule has 1 fully saturated rings. The smallest absolute Gasteiger partial charge is 0.348 e. The minimum absolute atomic E-state index is 0.0274. The van der Waals surface area contributed by atoms with Gasteiger partial charge < -0.3 is 25.2 Å². The molecule has 0 saturated carbocycles. The number of para-hydroxylation sites is 1. The lowest BCUT2D eigenvalue weighted by Gasteiger charge is -2.21. The van der Waals surface area contributed by atoms with Gasteiger partial charge in [-0.25, -0.2) is 14.0 Å². The van der Waals surface area contributed by atoms with E-state index in [9.17, 15) is 14.7 Å². The first kappa shape index (κ1) is 28.6. The monoisotopic (exact) mass is 574 g/mol. The first-order valence-electron chi connectivity index (χ1n) is 13.3. The summed E-state index contributed by atoms with van der Waals surface area (Å²) in [5.41, 5.74) is 6.36. The number of rotatable bonds is 10. The van der Waals surface area contributed by atoms with Gasteiger partial charge in [0.2, 0.25) is 0 Å². The Morgan fingerprint density at radius 2 is 1.98 bits per heavy atom. The van der Waals surface area contributed by atoms with Crippen LogP contribution in [0, 0.1) is 11.2 Å². The van der Waals surface area contributed by atoms with Crippen LogP contribution in [0.5, 0.6) is 11.5 Å². The van der Waals surface area contributed by atoms with Gasteiger partial charge >= 0.3 is 11.7 Å². The molecule has 0 bridgehead atoms. The molecule has 0 spiro atoms. The highest BCUT2D eigenvalue weighted by atomic mass is 19.1. The number of hydrogen-bond donors (Lipinski definition) is 4. The van der Waals surface area contributed by atoms with E-state index in [0.717, 1.165) is 23.2 Å². The standard InChI is InChI=1S/C30H31FN6O5/c1-36-12-11-19(16-36)42-25-15-20(41-2)14-22(26(25)31)23(13-17-7-9-18(10-8-17)27(32)33)28-34-30(40)37(35-28)24-6-4-3-5-21(24)29(38)39/h3-10,14-15,19,23H,11-13,16H2,1-2H3,(H3,32,33)(H,38,39)(H,34,35,40). The van der Waals surface area contributed by atoms with Gasteiger partial charge in [0.15, 0.2) is 11.6 Å². The normalized spacial score (nSPS) is 15.8. The lowest BCUT2D eigenvalue weighted by atomic mass is 9.90. The molecule has 218 valence electrons. The summed E-state index contributed by atoms with van der Waals surface area (Å²) >= 11 is 0. The van der Waals surface area contributed by atoms with E-state index in [1.165, 1.54) is 25.3 Å². The van der Waals surface area contributed by atoms with E-state index < -0.39 is 23.4 Å². The molecule has 5 N–H and O–H groups in total. The third-order valence-corrected chi connectivity index (χ3v) is 7.33. The third kappa shape index (κ3) is 5.88. The number of carboxylic acid groups (broad SMARTS) is 1. The zero-order valence-electron chi connectivity index (χ0n) is 23.1. The molecule has 2 atom stereocenters. The van der Waals surface area contributed by atoms with Crippen molar-refractivity contribution in [2.75, 3.05) is 27.2 Å². The van der Waals surface area contributed by atoms with Crippen molar-refractivity contribution < 1.29 is 23.8 Å². The number of hydrogen-bond acceptors (Lipinski definition) is 7. The second-order valence-corrected chi connectivity index (χ2v) is 10.2. The molecule has 1 saturated heterocycles. The van der Waals surface area contributed by atoms with Gasteiger partial charge in [0.1, 0.15) is 23.5 Å². The molecule has 4 aromatic rings.